The first-order valence-electron chi connectivity index (χ1n) is 11.8. The Morgan fingerprint density at radius 1 is 1.08 bits per heavy atom. The van der Waals surface area contributed by atoms with E-state index in [1.54, 1.807) is 6.08 Å². The molecule has 0 atom stereocenters. The molecule has 1 amide bonds. The highest BCUT2D eigenvalue weighted by Gasteiger charge is 2.19. The maximum Gasteiger partial charge on any atom is 0.289 e. The molecule has 0 radical (unpaired) electrons. The van der Waals surface area contributed by atoms with Crippen LogP contribution >= 0.6 is 23.4 Å². The average molecular weight is 557 g/mol. The number of hydrogen-bond donors (Lipinski definition) is 1. The number of hydrogen-bond acceptors (Lipinski definition) is 7. The second-order valence-electron chi connectivity index (χ2n) is 8.40. The third-order valence-electron chi connectivity index (χ3n) is 5.81. The number of nitro groups is 1. The summed E-state index contributed by atoms with van der Waals surface area (Å²) in [7, 11) is 0. The van der Waals surface area contributed by atoms with E-state index in [4.69, 9.17) is 16.6 Å². The third-order valence-corrected chi connectivity index (χ3v) is 7.10. The first kappa shape index (κ1) is 26.1. The van der Waals surface area contributed by atoms with Crippen LogP contribution in [0.3, 0.4) is 0 Å². The van der Waals surface area contributed by atoms with Gasteiger partial charge in [-0.25, -0.2) is 4.98 Å². The average Bonchev–Trinajstić information content (AvgIpc) is 3.35. The number of fused-ring (bicyclic) bond motifs is 1. The van der Waals surface area contributed by atoms with Gasteiger partial charge in [0.15, 0.2) is 11.0 Å². The Morgan fingerprint density at radius 2 is 1.85 bits per heavy atom. The lowest BCUT2D eigenvalue weighted by atomic mass is 10.0. The van der Waals surface area contributed by atoms with Gasteiger partial charge in [0.05, 0.1) is 21.9 Å². The van der Waals surface area contributed by atoms with E-state index in [-0.39, 0.29) is 28.1 Å². The number of benzene rings is 3. The number of allylic oxidation sites excluding steroid dienone is 1. The minimum Gasteiger partial charge on any atom is -0.325 e. The van der Waals surface area contributed by atoms with E-state index in [9.17, 15) is 14.9 Å². The molecule has 2 aromatic heterocycles. The molecule has 5 rings (SSSR count). The number of nitrogens with one attached hydrogen (secondary N) is 1. The van der Waals surface area contributed by atoms with Gasteiger partial charge in [-0.05, 0) is 24.3 Å². The molecular formula is C28H21ClN6O3S. The topological polar surface area (TPSA) is 116 Å². The molecule has 0 unspecified atom stereocenters. The van der Waals surface area contributed by atoms with Crippen molar-refractivity contribution in [2.75, 3.05) is 11.1 Å². The van der Waals surface area contributed by atoms with Gasteiger partial charge < -0.3 is 5.32 Å². The first-order chi connectivity index (χ1) is 18.9. The number of aromatic nitrogens is 4. The van der Waals surface area contributed by atoms with Crippen LogP contribution in [0.2, 0.25) is 5.02 Å². The summed E-state index contributed by atoms with van der Waals surface area (Å²) >= 11 is 7.06. The van der Waals surface area contributed by atoms with Crippen LogP contribution in [0.5, 0.6) is 0 Å². The van der Waals surface area contributed by atoms with E-state index in [2.05, 4.69) is 22.1 Å². The maximum absolute atomic E-state index is 12.7. The zero-order valence-corrected chi connectivity index (χ0v) is 22.0. The fourth-order valence-corrected chi connectivity index (χ4v) is 5.00. The van der Waals surface area contributed by atoms with Crippen LogP contribution in [0.4, 0.5) is 11.4 Å². The van der Waals surface area contributed by atoms with Gasteiger partial charge in [-0.3, -0.25) is 19.5 Å². The van der Waals surface area contributed by atoms with Crippen molar-refractivity contribution in [1.82, 2.24) is 19.7 Å². The van der Waals surface area contributed by atoms with Gasteiger partial charge in [-0.1, -0.05) is 78.0 Å². The van der Waals surface area contributed by atoms with Crippen LogP contribution in [-0.4, -0.2) is 36.3 Å². The monoisotopic (exact) mass is 556 g/mol. The maximum atomic E-state index is 12.7. The largest absolute Gasteiger partial charge is 0.325 e. The number of thioether (sulfide) groups is 1. The Hall–Kier alpha value is -4.54. The molecular weight excluding hydrogens is 536 g/mol. The molecule has 0 saturated carbocycles. The highest BCUT2D eigenvalue weighted by molar-refractivity contribution is 7.99. The number of para-hydroxylation sites is 1. The number of amides is 1. The summed E-state index contributed by atoms with van der Waals surface area (Å²) in [4.78, 5) is 28.1. The minimum absolute atomic E-state index is 0.00325. The Balaban J connectivity index is 1.44. The van der Waals surface area contributed by atoms with E-state index >= 15 is 0 Å². The standard InChI is InChI=1S/C28H21ClN6O3S/c1-2-14-34-27(21-16-24(18-8-4-3-5-9-18)31-23-11-7-6-10-20(21)23)32-33-28(34)39-17-26(36)30-19-12-13-22(29)25(15-19)35(37)38/h2-13,15-16H,1,14,17H2,(H,30,36). The highest BCUT2D eigenvalue weighted by atomic mass is 35.5. The molecule has 39 heavy (non-hydrogen) atoms. The number of halogens is 1. The summed E-state index contributed by atoms with van der Waals surface area (Å²) in [6, 6.07) is 23.8. The molecule has 3 aromatic carbocycles. The Bertz CT molecular complexity index is 1710. The van der Waals surface area contributed by atoms with Crippen molar-refractivity contribution in [3.63, 3.8) is 0 Å². The van der Waals surface area contributed by atoms with Crippen molar-refractivity contribution < 1.29 is 9.72 Å². The summed E-state index contributed by atoms with van der Waals surface area (Å²) in [5.41, 5.74) is 3.47. The van der Waals surface area contributed by atoms with E-state index in [0.717, 1.165) is 27.7 Å². The van der Waals surface area contributed by atoms with Crippen molar-refractivity contribution in [2.24, 2.45) is 0 Å². The number of nitrogens with zero attached hydrogens (tertiary/aromatic N) is 5. The predicted molar refractivity (Wildman–Crippen MR) is 154 cm³/mol. The van der Waals surface area contributed by atoms with E-state index < -0.39 is 4.92 Å². The quantitative estimate of drug-likeness (QED) is 0.0936. The Labute approximate surface area is 232 Å². The minimum atomic E-state index is -0.599. The van der Waals surface area contributed by atoms with Gasteiger partial charge in [-0.2, -0.15) is 0 Å². The molecule has 9 nitrogen and oxygen atoms in total. The SMILES string of the molecule is C=CCn1c(SCC(=O)Nc2ccc(Cl)c([N+](=O)[O-])c2)nnc1-c1cc(-c2ccccc2)nc2ccccc12. The molecule has 0 fully saturated rings. The van der Waals surface area contributed by atoms with Gasteiger partial charge in [-0.15, -0.1) is 16.8 Å². The lowest BCUT2D eigenvalue weighted by molar-refractivity contribution is -0.384. The van der Waals surface area contributed by atoms with Gasteiger partial charge in [0.2, 0.25) is 5.91 Å². The normalized spacial score (nSPS) is 10.9. The van der Waals surface area contributed by atoms with Crippen LogP contribution in [0, 0.1) is 10.1 Å². The van der Waals surface area contributed by atoms with Crippen molar-refractivity contribution >= 4 is 51.5 Å². The molecule has 2 heterocycles. The number of pyridine rings is 1. The van der Waals surface area contributed by atoms with Crippen molar-refractivity contribution in [2.45, 2.75) is 11.7 Å². The molecule has 11 heteroatoms. The van der Waals surface area contributed by atoms with Crippen LogP contribution in [-0.2, 0) is 11.3 Å². The molecule has 5 aromatic rings. The van der Waals surface area contributed by atoms with Gasteiger partial charge in [0.25, 0.3) is 5.69 Å². The molecule has 194 valence electrons. The van der Waals surface area contributed by atoms with E-state index in [1.807, 2.05) is 65.2 Å². The second-order valence-corrected chi connectivity index (χ2v) is 9.75. The molecule has 0 aliphatic rings. The summed E-state index contributed by atoms with van der Waals surface area (Å²) in [5, 5.41) is 24.1. The van der Waals surface area contributed by atoms with Crippen molar-refractivity contribution in [3.8, 4) is 22.6 Å². The number of carbonyl (C=O) groups is 1. The fourth-order valence-electron chi connectivity index (χ4n) is 4.06. The summed E-state index contributed by atoms with van der Waals surface area (Å²) < 4.78 is 1.90. The number of carbonyl (C=O) groups excluding carboxylic acids is 1. The zero-order chi connectivity index (χ0) is 27.4. The zero-order valence-electron chi connectivity index (χ0n) is 20.5. The number of anilines is 1. The highest BCUT2D eigenvalue weighted by Crippen LogP contribution is 2.33. The molecule has 0 bridgehead atoms. The summed E-state index contributed by atoms with van der Waals surface area (Å²) in [6.07, 6.45) is 1.74. The lowest BCUT2D eigenvalue weighted by Gasteiger charge is -2.12. The van der Waals surface area contributed by atoms with Gasteiger partial charge >= 0.3 is 0 Å². The molecule has 0 aliphatic carbocycles. The smallest absolute Gasteiger partial charge is 0.289 e. The van der Waals surface area contributed by atoms with E-state index in [1.165, 1.54) is 30.0 Å². The molecule has 0 aliphatic heterocycles. The molecule has 1 N–H and O–H groups in total. The van der Waals surface area contributed by atoms with Gasteiger partial charge in [0, 0.05) is 34.8 Å². The third kappa shape index (κ3) is 5.66. The predicted octanol–water partition coefficient (Wildman–Crippen LogP) is 6.64. The van der Waals surface area contributed by atoms with Crippen LogP contribution < -0.4 is 5.32 Å². The van der Waals surface area contributed by atoms with Crippen molar-refractivity contribution in [3.05, 3.63) is 107 Å². The Kier molecular flexibility index (Phi) is 7.67. The van der Waals surface area contributed by atoms with E-state index in [0.29, 0.717) is 17.5 Å². The molecule has 0 spiro atoms. The van der Waals surface area contributed by atoms with Crippen molar-refractivity contribution in [1.29, 1.82) is 0 Å². The van der Waals surface area contributed by atoms with Crippen LogP contribution in [0.15, 0.2) is 96.7 Å². The first-order valence-corrected chi connectivity index (χ1v) is 13.2. The fraction of sp³-hybridized carbons (Fsp3) is 0.0714. The molecule has 0 saturated heterocycles. The van der Waals surface area contributed by atoms with Crippen LogP contribution in [0.25, 0.3) is 33.5 Å². The number of rotatable bonds is 9. The summed E-state index contributed by atoms with van der Waals surface area (Å²) in [6.45, 7) is 4.30. The Morgan fingerprint density at radius 3 is 2.62 bits per heavy atom. The second kappa shape index (κ2) is 11.5. The lowest BCUT2D eigenvalue weighted by Crippen LogP contribution is -2.15. The van der Waals surface area contributed by atoms with Crippen LogP contribution in [0.1, 0.15) is 0 Å². The van der Waals surface area contributed by atoms with Gasteiger partial charge in [0.1, 0.15) is 5.02 Å². The summed E-state index contributed by atoms with van der Waals surface area (Å²) in [5.74, 6) is 0.284. The number of nitro benzene ring substituents is 1.